The minimum atomic E-state index is -0.231. The molecule has 0 radical (unpaired) electrons. The smallest absolute Gasteiger partial charge is 0.259 e. The summed E-state index contributed by atoms with van der Waals surface area (Å²) < 4.78 is 21.3. The summed E-state index contributed by atoms with van der Waals surface area (Å²) in [4.78, 5) is 25.8. The quantitative estimate of drug-likeness (QED) is 0.652. The number of nitrogens with one attached hydrogen (secondary N) is 2. The van der Waals surface area contributed by atoms with Gasteiger partial charge in [-0.3, -0.25) is 9.59 Å². The number of hydrogen-bond acceptors (Lipinski definition) is 6. The minimum Gasteiger partial charge on any atom is -0.496 e. The van der Waals surface area contributed by atoms with E-state index < -0.39 is 0 Å². The van der Waals surface area contributed by atoms with Gasteiger partial charge in [0.25, 0.3) is 11.8 Å². The molecule has 1 fully saturated rings. The second-order valence-electron chi connectivity index (χ2n) is 7.57. The van der Waals surface area contributed by atoms with Gasteiger partial charge in [-0.15, -0.1) is 0 Å². The fourth-order valence-corrected chi connectivity index (χ4v) is 4.05. The van der Waals surface area contributed by atoms with Crippen LogP contribution >= 0.6 is 0 Å². The Hall–Kier alpha value is -3.42. The molecule has 0 atom stereocenters. The molecule has 0 saturated heterocycles. The van der Waals surface area contributed by atoms with Gasteiger partial charge < -0.3 is 29.6 Å². The summed E-state index contributed by atoms with van der Waals surface area (Å²) in [6.07, 6.45) is 2.99. The summed E-state index contributed by atoms with van der Waals surface area (Å²) in [6, 6.07) is 10.5. The van der Waals surface area contributed by atoms with E-state index in [1.807, 2.05) is 0 Å². The van der Waals surface area contributed by atoms with E-state index in [0.29, 0.717) is 34.1 Å². The Balaban J connectivity index is 1.60. The molecule has 0 unspecified atom stereocenters. The number of benzene rings is 2. The van der Waals surface area contributed by atoms with Gasteiger partial charge in [-0.25, -0.2) is 0 Å². The Morgan fingerprint density at radius 3 is 1.16 bits per heavy atom. The Bertz CT molecular complexity index is 832. The van der Waals surface area contributed by atoms with Crippen molar-refractivity contribution in [3.05, 3.63) is 47.5 Å². The second-order valence-corrected chi connectivity index (χ2v) is 7.57. The molecule has 8 heteroatoms. The van der Waals surface area contributed by atoms with Crippen molar-refractivity contribution in [1.29, 1.82) is 0 Å². The first-order chi connectivity index (χ1) is 15.5. The topological polar surface area (TPSA) is 95.1 Å². The van der Waals surface area contributed by atoms with Crippen LogP contribution in [0.1, 0.15) is 46.4 Å². The Labute approximate surface area is 188 Å². The van der Waals surface area contributed by atoms with Crippen LogP contribution in [0.5, 0.6) is 23.0 Å². The zero-order chi connectivity index (χ0) is 23.1. The maximum Gasteiger partial charge on any atom is 0.259 e. The zero-order valence-electron chi connectivity index (χ0n) is 18.9. The molecule has 32 heavy (non-hydrogen) atoms. The number of hydrogen-bond donors (Lipinski definition) is 2. The highest BCUT2D eigenvalue weighted by Crippen LogP contribution is 2.30. The summed E-state index contributed by atoms with van der Waals surface area (Å²) in [5.41, 5.74) is 0.771. The van der Waals surface area contributed by atoms with Crippen LogP contribution in [0.2, 0.25) is 0 Å². The molecule has 0 aromatic heterocycles. The second kappa shape index (κ2) is 10.7. The van der Waals surface area contributed by atoms with Crippen molar-refractivity contribution in [2.24, 2.45) is 0 Å². The summed E-state index contributed by atoms with van der Waals surface area (Å²) in [5.74, 6) is 1.40. The molecule has 8 nitrogen and oxygen atoms in total. The first kappa shape index (κ1) is 23.2. The van der Waals surface area contributed by atoms with Crippen LogP contribution in [-0.4, -0.2) is 52.3 Å². The van der Waals surface area contributed by atoms with E-state index in [0.717, 1.165) is 25.7 Å². The fraction of sp³-hybridized carbons (Fsp3) is 0.417. The molecule has 0 aliphatic heterocycles. The van der Waals surface area contributed by atoms with E-state index in [9.17, 15) is 9.59 Å². The first-order valence-electron chi connectivity index (χ1n) is 10.6. The van der Waals surface area contributed by atoms with E-state index in [4.69, 9.17) is 18.9 Å². The average Bonchev–Trinajstić information content (AvgIpc) is 2.83. The lowest BCUT2D eigenvalue weighted by Gasteiger charge is -2.30. The molecule has 2 amide bonds. The average molecular weight is 443 g/mol. The van der Waals surface area contributed by atoms with Crippen molar-refractivity contribution < 1.29 is 28.5 Å². The molecule has 1 aliphatic carbocycles. The van der Waals surface area contributed by atoms with Gasteiger partial charge in [0.15, 0.2) is 0 Å². The number of amides is 2. The molecule has 3 rings (SSSR count). The molecular formula is C24H30N2O6. The summed E-state index contributed by atoms with van der Waals surface area (Å²) in [5, 5.41) is 6.15. The van der Waals surface area contributed by atoms with E-state index in [1.54, 1.807) is 36.4 Å². The van der Waals surface area contributed by atoms with Gasteiger partial charge in [0.1, 0.15) is 34.1 Å². The lowest BCUT2D eigenvalue weighted by atomic mass is 9.90. The minimum absolute atomic E-state index is 0.00562. The number of methoxy groups -OCH3 is 4. The maximum atomic E-state index is 12.9. The predicted octanol–water partition coefficient (Wildman–Crippen LogP) is 3.19. The maximum absolute atomic E-state index is 12.9. The molecule has 0 spiro atoms. The van der Waals surface area contributed by atoms with Crippen LogP contribution in [0, 0.1) is 0 Å². The molecule has 2 aromatic rings. The monoisotopic (exact) mass is 442 g/mol. The number of carbonyl (C=O) groups excluding carboxylic acids is 2. The molecule has 1 aliphatic rings. The van der Waals surface area contributed by atoms with E-state index in [1.165, 1.54) is 28.4 Å². The van der Waals surface area contributed by atoms with Crippen molar-refractivity contribution in [3.8, 4) is 23.0 Å². The number of ether oxygens (including phenoxy) is 4. The first-order valence-corrected chi connectivity index (χ1v) is 10.6. The fourth-order valence-electron chi connectivity index (χ4n) is 4.05. The Morgan fingerprint density at radius 1 is 0.625 bits per heavy atom. The third kappa shape index (κ3) is 5.07. The van der Waals surface area contributed by atoms with Crippen LogP contribution < -0.4 is 29.6 Å². The standard InChI is InChI=1S/C24H30N2O6/c1-29-17-7-5-8-18(30-2)21(17)23(27)25-15-11-13-16(14-12-15)26-24(28)22-19(31-3)9-6-10-20(22)32-4/h5-10,15-16H,11-14H2,1-4H3,(H,25,27)(H,26,28). The van der Waals surface area contributed by atoms with Gasteiger partial charge in [0.05, 0.1) is 28.4 Å². The summed E-state index contributed by atoms with van der Waals surface area (Å²) >= 11 is 0. The molecule has 1 saturated carbocycles. The van der Waals surface area contributed by atoms with Crippen molar-refractivity contribution in [2.75, 3.05) is 28.4 Å². The van der Waals surface area contributed by atoms with Crippen LogP contribution in [-0.2, 0) is 0 Å². The molecule has 2 N–H and O–H groups in total. The van der Waals surface area contributed by atoms with E-state index in [2.05, 4.69) is 10.6 Å². The van der Waals surface area contributed by atoms with Crippen LogP contribution in [0.15, 0.2) is 36.4 Å². The largest absolute Gasteiger partial charge is 0.496 e. The summed E-state index contributed by atoms with van der Waals surface area (Å²) in [6.45, 7) is 0. The van der Waals surface area contributed by atoms with Crippen LogP contribution in [0.3, 0.4) is 0 Å². The lowest BCUT2D eigenvalue weighted by Crippen LogP contribution is -2.44. The van der Waals surface area contributed by atoms with Crippen LogP contribution in [0.25, 0.3) is 0 Å². The third-order valence-electron chi connectivity index (χ3n) is 5.71. The van der Waals surface area contributed by atoms with Gasteiger partial charge in [-0.2, -0.15) is 0 Å². The van der Waals surface area contributed by atoms with Gasteiger partial charge in [-0.1, -0.05) is 12.1 Å². The van der Waals surface area contributed by atoms with Crippen molar-refractivity contribution in [1.82, 2.24) is 10.6 Å². The van der Waals surface area contributed by atoms with Gasteiger partial charge in [0.2, 0.25) is 0 Å². The van der Waals surface area contributed by atoms with Crippen molar-refractivity contribution >= 4 is 11.8 Å². The predicted molar refractivity (Wildman–Crippen MR) is 120 cm³/mol. The summed E-state index contributed by atoms with van der Waals surface area (Å²) in [7, 11) is 6.10. The number of carbonyl (C=O) groups is 2. The van der Waals surface area contributed by atoms with E-state index in [-0.39, 0.29) is 23.9 Å². The Kier molecular flexibility index (Phi) is 7.81. The molecular weight excluding hydrogens is 412 g/mol. The third-order valence-corrected chi connectivity index (χ3v) is 5.71. The van der Waals surface area contributed by atoms with Gasteiger partial charge in [-0.05, 0) is 49.9 Å². The highest BCUT2D eigenvalue weighted by atomic mass is 16.5. The number of rotatable bonds is 8. The highest BCUT2D eigenvalue weighted by Gasteiger charge is 2.28. The molecule has 0 heterocycles. The van der Waals surface area contributed by atoms with Crippen LogP contribution in [0.4, 0.5) is 0 Å². The van der Waals surface area contributed by atoms with Crippen molar-refractivity contribution in [3.63, 3.8) is 0 Å². The van der Waals surface area contributed by atoms with Crippen molar-refractivity contribution in [2.45, 2.75) is 37.8 Å². The Morgan fingerprint density at radius 2 is 0.906 bits per heavy atom. The molecule has 2 aromatic carbocycles. The zero-order valence-corrected chi connectivity index (χ0v) is 18.9. The van der Waals surface area contributed by atoms with Gasteiger partial charge >= 0.3 is 0 Å². The molecule has 172 valence electrons. The van der Waals surface area contributed by atoms with E-state index >= 15 is 0 Å². The molecule has 0 bridgehead atoms. The van der Waals surface area contributed by atoms with Gasteiger partial charge in [0, 0.05) is 12.1 Å². The normalized spacial score (nSPS) is 17.8. The highest BCUT2D eigenvalue weighted by molar-refractivity contribution is 6.00. The lowest BCUT2D eigenvalue weighted by molar-refractivity contribution is 0.0885. The SMILES string of the molecule is COc1cccc(OC)c1C(=O)NC1CCC(NC(=O)c2c(OC)cccc2OC)CC1.